The third-order valence-electron chi connectivity index (χ3n) is 3.39. The van der Waals surface area contributed by atoms with Crippen LogP contribution in [0.1, 0.15) is 6.23 Å². The highest BCUT2D eigenvalue weighted by Gasteiger charge is 2.51. The number of rotatable bonds is 4. The van der Waals surface area contributed by atoms with Crippen molar-refractivity contribution in [1.82, 2.24) is 9.55 Å². The van der Waals surface area contributed by atoms with E-state index in [1.807, 2.05) is 4.98 Å². The molecule has 1 aliphatic rings. The minimum absolute atomic E-state index is 0.714. The third-order valence-corrected chi connectivity index (χ3v) is 4.38. The van der Waals surface area contributed by atoms with Crippen LogP contribution in [-0.2, 0) is 9.30 Å². The summed E-state index contributed by atoms with van der Waals surface area (Å²) in [5.74, 6) is -2.56. The fourth-order valence-corrected chi connectivity index (χ4v) is 2.76. The fraction of sp³-hybridized carbons (Fsp3) is 0.600. The maximum absolute atomic E-state index is 11.6. The minimum Gasteiger partial charge on any atom is -0.387 e. The fourth-order valence-electron chi connectivity index (χ4n) is 2.19. The normalized spacial score (nSPS) is 31.0. The van der Waals surface area contributed by atoms with Gasteiger partial charge in [0.15, 0.2) is 12.1 Å². The van der Waals surface area contributed by atoms with Gasteiger partial charge in [-0.1, -0.05) is 0 Å². The summed E-state index contributed by atoms with van der Waals surface area (Å²) in [7, 11) is -5.10. The van der Waals surface area contributed by atoms with Gasteiger partial charge < -0.3 is 34.9 Å². The summed E-state index contributed by atoms with van der Waals surface area (Å²) in [5, 5.41) is 38.8. The summed E-state index contributed by atoms with van der Waals surface area (Å²) < 4.78 is 16.7. The second-order valence-corrected chi connectivity index (χ2v) is 6.69. The van der Waals surface area contributed by atoms with E-state index in [-0.39, 0.29) is 0 Å². The summed E-state index contributed by atoms with van der Waals surface area (Å²) in [5.41, 5.74) is -1.69. The van der Waals surface area contributed by atoms with Crippen LogP contribution in [0.25, 0.3) is 0 Å². The smallest absolute Gasteiger partial charge is 0.356 e. The molecule has 1 saturated heterocycles. The lowest BCUT2D eigenvalue weighted by molar-refractivity contribution is -0.109. The Morgan fingerprint density at radius 2 is 1.83 bits per heavy atom. The third kappa shape index (κ3) is 3.44. The van der Waals surface area contributed by atoms with Gasteiger partial charge in [0, 0.05) is 12.3 Å². The molecule has 1 unspecified atom stereocenters. The van der Waals surface area contributed by atoms with Crippen LogP contribution in [0.3, 0.4) is 0 Å². The van der Waals surface area contributed by atoms with Crippen molar-refractivity contribution >= 4 is 7.60 Å². The largest absolute Gasteiger partial charge is 0.387 e. The summed E-state index contributed by atoms with van der Waals surface area (Å²) >= 11 is 0. The molecule has 0 amide bonds. The number of aliphatic hydroxyl groups is 4. The zero-order valence-electron chi connectivity index (χ0n) is 11.3. The first-order valence-corrected chi connectivity index (χ1v) is 7.96. The van der Waals surface area contributed by atoms with Gasteiger partial charge in [-0.15, -0.1) is 0 Å². The maximum Gasteiger partial charge on any atom is 0.356 e. The average molecular weight is 354 g/mol. The van der Waals surface area contributed by atoms with E-state index in [1.54, 1.807) is 0 Å². The Hall–Kier alpha value is -1.37. The monoisotopic (exact) mass is 354 g/mol. The molecule has 1 fully saturated rings. The molecule has 0 aromatic carbocycles. The van der Waals surface area contributed by atoms with Crippen LogP contribution in [0.5, 0.6) is 0 Å². The Morgan fingerprint density at radius 1 is 1.22 bits per heavy atom. The van der Waals surface area contributed by atoms with Crippen LogP contribution in [-0.4, -0.2) is 70.0 Å². The highest BCUT2D eigenvalue weighted by Crippen LogP contribution is 2.44. The van der Waals surface area contributed by atoms with Gasteiger partial charge in [0.05, 0.1) is 0 Å². The van der Waals surface area contributed by atoms with Crippen molar-refractivity contribution in [2.24, 2.45) is 0 Å². The van der Waals surface area contributed by atoms with E-state index >= 15 is 0 Å². The number of aliphatic hydroxyl groups excluding tert-OH is 4. The first kappa shape index (κ1) is 18.0. The molecule has 0 bridgehead atoms. The van der Waals surface area contributed by atoms with Crippen LogP contribution in [0.15, 0.2) is 21.9 Å². The van der Waals surface area contributed by atoms with Gasteiger partial charge in [0.1, 0.15) is 24.4 Å². The second kappa shape index (κ2) is 6.26. The molecular formula is C10H15N2O10P. The van der Waals surface area contributed by atoms with Gasteiger partial charge in [-0.05, 0) is 0 Å². The number of hydrogen-bond acceptors (Lipinski definition) is 8. The van der Waals surface area contributed by atoms with Gasteiger partial charge in [-0.3, -0.25) is 18.9 Å². The van der Waals surface area contributed by atoms with Crippen LogP contribution in [0.2, 0.25) is 0 Å². The molecule has 1 aliphatic heterocycles. The van der Waals surface area contributed by atoms with Gasteiger partial charge in [0.25, 0.3) is 5.56 Å². The molecule has 0 saturated carbocycles. The molecule has 0 aliphatic carbocycles. The van der Waals surface area contributed by atoms with Crippen molar-refractivity contribution < 1.29 is 39.5 Å². The lowest BCUT2D eigenvalue weighted by Crippen LogP contribution is -2.44. The Balaban J connectivity index is 2.29. The van der Waals surface area contributed by atoms with E-state index in [0.29, 0.717) is 4.57 Å². The topological polar surface area (TPSA) is 203 Å². The van der Waals surface area contributed by atoms with Gasteiger partial charge in [-0.2, -0.15) is 0 Å². The Morgan fingerprint density at radius 3 is 2.35 bits per heavy atom. The van der Waals surface area contributed by atoms with Crippen molar-refractivity contribution in [3.05, 3.63) is 33.1 Å². The average Bonchev–Trinajstić information content (AvgIpc) is 2.73. The Kier molecular flexibility index (Phi) is 4.89. The number of H-pyrrole nitrogens is 1. The van der Waals surface area contributed by atoms with Crippen LogP contribution >= 0.6 is 7.60 Å². The molecule has 12 nitrogen and oxygen atoms in total. The molecule has 1 aromatic heterocycles. The first-order chi connectivity index (χ1) is 10.5. The molecule has 23 heavy (non-hydrogen) atoms. The number of aromatic nitrogens is 2. The number of hydrogen-bond donors (Lipinski definition) is 7. The first-order valence-electron chi connectivity index (χ1n) is 6.28. The highest BCUT2D eigenvalue weighted by molar-refractivity contribution is 7.52. The molecule has 7 N–H and O–H groups in total. The number of nitrogens with zero attached hydrogens (tertiary/aromatic N) is 1. The zero-order valence-corrected chi connectivity index (χ0v) is 12.2. The van der Waals surface area contributed by atoms with E-state index in [1.165, 1.54) is 0 Å². The van der Waals surface area contributed by atoms with Gasteiger partial charge >= 0.3 is 13.3 Å². The van der Waals surface area contributed by atoms with Crippen LogP contribution in [0.4, 0.5) is 0 Å². The zero-order chi connectivity index (χ0) is 17.5. The van der Waals surface area contributed by atoms with Crippen molar-refractivity contribution in [2.45, 2.75) is 36.5 Å². The summed E-state index contributed by atoms with van der Waals surface area (Å²) in [6.45, 7) is 0. The molecule has 0 radical (unpaired) electrons. The Bertz CT molecular complexity index is 725. The standard InChI is InChI=1S/C10H15N2O10P/c13-3-1-2-12(10(18)11-3)8-5(15)4(14)7(22-8)6(16)9(17)23(19,20)21/h1-2,4-9,14-17H,(H,11,13,18)(H2,19,20,21)/t4-,5-,6-,7-,8+,9?/m0/s1. The summed E-state index contributed by atoms with van der Waals surface area (Å²) in [6.07, 6.45) is -8.20. The predicted octanol–water partition coefficient (Wildman–Crippen LogP) is -3.99. The van der Waals surface area contributed by atoms with Crippen molar-refractivity contribution in [1.29, 1.82) is 0 Å². The molecule has 6 atom stereocenters. The maximum atomic E-state index is 11.6. The SMILES string of the molecule is O=c1ccn([C@@H]2O[C@H]([C@H](O)C(O)P(=O)(O)O)[C@@H](O)[C@@H]2O)c(=O)[nH]1. The van der Waals surface area contributed by atoms with Crippen LogP contribution in [0, 0.1) is 0 Å². The van der Waals surface area contributed by atoms with E-state index in [9.17, 15) is 34.6 Å². The summed E-state index contributed by atoms with van der Waals surface area (Å²) in [4.78, 5) is 42.2. The Labute approximate surface area is 127 Å². The summed E-state index contributed by atoms with van der Waals surface area (Å²) in [6, 6.07) is 0.943. The highest BCUT2D eigenvalue weighted by atomic mass is 31.2. The minimum atomic E-state index is -5.10. The van der Waals surface area contributed by atoms with E-state index in [0.717, 1.165) is 12.3 Å². The quantitative estimate of drug-likeness (QED) is 0.261. The molecule has 13 heteroatoms. The number of nitrogens with one attached hydrogen (secondary N) is 1. The van der Waals surface area contributed by atoms with E-state index in [4.69, 9.17) is 14.5 Å². The molecular weight excluding hydrogens is 339 g/mol. The number of ether oxygens (including phenoxy) is 1. The van der Waals surface area contributed by atoms with E-state index in [2.05, 4.69) is 0 Å². The molecule has 0 spiro atoms. The second-order valence-electron chi connectivity index (χ2n) is 4.98. The van der Waals surface area contributed by atoms with Crippen molar-refractivity contribution in [2.75, 3.05) is 0 Å². The lowest BCUT2D eigenvalue weighted by atomic mass is 10.1. The van der Waals surface area contributed by atoms with Gasteiger partial charge in [-0.25, -0.2) is 4.79 Å². The number of aromatic amines is 1. The molecule has 1 aromatic rings. The lowest BCUT2D eigenvalue weighted by Gasteiger charge is -2.25. The molecule has 130 valence electrons. The molecule has 2 heterocycles. The predicted molar refractivity (Wildman–Crippen MR) is 71.3 cm³/mol. The van der Waals surface area contributed by atoms with E-state index < -0.39 is 55.3 Å². The van der Waals surface area contributed by atoms with Gasteiger partial charge in [0.2, 0.25) is 0 Å². The van der Waals surface area contributed by atoms with Crippen molar-refractivity contribution in [3.63, 3.8) is 0 Å². The molecule has 2 rings (SSSR count). The van der Waals surface area contributed by atoms with Crippen LogP contribution < -0.4 is 11.2 Å². The van der Waals surface area contributed by atoms with Crippen molar-refractivity contribution in [3.8, 4) is 0 Å².